The van der Waals surface area contributed by atoms with Crippen LogP contribution in [0.15, 0.2) is 67.3 Å². The van der Waals surface area contributed by atoms with Crippen LogP contribution in [0.2, 0.25) is 0 Å². The number of aryl methyl sites for hydroxylation is 1. The lowest BCUT2D eigenvalue weighted by molar-refractivity contribution is 0.476. The Bertz CT molecular complexity index is 1990. The molecule has 7 rings (SSSR count). The van der Waals surface area contributed by atoms with Crippen molar-refractivity contribution in [2.24, 2.45) is 7.05 Å². The molecule has 2 aromatic carbocycles. The molecule has 174 valence electrons. The van der Waals surface area contributed by atoms with Crippen LogP contribution in [0.4, 0.5) is 0 Å². The summed E-state index contributed by atoms with van der Waals surface area (Å²) < 4.78 is 9.70. The number of hydrogen-bond donors (Lipinski definition) is 2. The second-order valence-electron chi connectivity index (χ2n) is 9.42. The molecule has 8 nitrogen and oxygen atoms in total. The number of aromatic amines is 2. The molecule has 0 aliphatic heterocycles. The fourth-order valence-electron chi connectivity index (χ4n) is 5.71. The van der Waals surface area contributed by atoms with Crippen LogP contribution in [-0.4, -0.2) is 19.3 Å². The first-order valence-electron chi connectivity index (χ1n) is 11.8. The molecule has 1 saturated carbocycles. The predicted octanol–water partition coefficient (Wildman–Crippen LogP) is 4.55. The molecule has 0 amide bonds. The third-order valence-electron chi connectivity index (χ3n) is 7.40. The second-order valence-corrected chi connectivity index (χ2v) is 9.42. The van der Waals surface area contributed by atoms with Crippen LogP contribution >= 0.6 is 0 Å². The smallest absolute Gasteiger partial charge is 0.274 e. The molecule has 0 saturated heterocycles. The normalized spacial score (nSPS) is 14.8. The molecule has 35 heavy (non-hydrogen) atoms. The number of para-hydroxylation sites is 1. The Hall–Kier alpha value is -4.33. The van der Waals surface area contributed by atoms with Crippen molar-refractivity contribution >= 4 is 44.0 Å². The van der Waals surface area contributed by atoms with Gasteiger partial charge in [0.1, 0.15) is 11.2 Å². The van der Waals surface area contributed by atoms with Crippen molar-refractivity contribution in [1.82, 2.24) is 19.3 Å². The summed E-state index contributed by atoms with van der Waals surface area (Å²) in [5.74, 6) is 0. The Kier molecular flexibility index (Phi) is 4.06. The maximum atomic E-state index is 13.7. The molecule has 0 bridgehead atoms. The first-order valence-corrected chi connectivity index (χ1v) is 11.8. The van der Waals surface area contributed by atoms with Gasteiger partial charge in [-0.2, -0.15) is 0 Å². The Morgan fingerprint density at radius 1 is 1.00 bits per heavy atom. The summed E-state index contributed by atoms with van der Waals surface area (Å²) in [5.41, 5.74) is 3.05. The highest BCUT2D eigenvalue weighted by atomic mass is 16.3. The molecule has 4 aromatic heterocycles. The third-order valence-corrected chi connectivity index (χ3v) is 7.40. The van der Waals surface area contributed by atoms with Gasteiger partial charge in [-0.05, 0) is 42.5 Å². The standard InChI is InChI=1S/C27H22N4O4/c1-30-19-9-5-2-6-14(19)12-18(27(30)34)21-22-25(31(29-26(22)33)15-7-3-4-8-15)28-23-17-11-10-16(32)13-20(17)35-24(21)23/h2,5-6,9-13,15,28H,3-4,7-8H2,1H3,(H,29,33). The summed E-state index contributed by atoms with van der Waals surface area (Å²) >= 11 is 0. The minimum absolute atomic E-state index is 0.169. The van der Waals surface area contributed by atoms with Crippen LogP contribution in [0, 0.1) is 0 Å². The van der Waals surface area contributed by atoms with E-state index in [2.05, 4.69) is 10.1 Å². The van der Waals surface area contributed by atoms with Crippen molar-refractivity contribution in [3.05, 3.63) is 79.5 Å². The molecule has 8 heteroatoms. The fourth-order valence-corrected chi connectivity index (χ4v) is 5.71. The van der Waals surface area contributed by atoms with Gasteiger partial charge in [0, 0.05) is 24.1 Å². The van der Waals surface area contributed by atoms with E-state index >= 15 is 0 Å². The number of furan rings is 1. The van der Waals surface area contributed by atoms with Crippen LogP contribution in [-0.2, 0) is 7.05 Å². The minimum atomic E-state index is -0.278. The maximum Gasteiger partial charge on any atom is 0.274 e. The van der Waals surface area contributed by atoms with Crippen LogP contribution in [0.3, 0.4) is 0 Å². The van der Waals surface area contributed by atoms with E-state index in [1.165, 1.54) is 12.1 Å². The molecule has 0 radical (unpaired) electrons. The Labute approximate surface area is 197 Å². The number of benzene rings is 2. The number of fused-ring (bicyclic) bond motifs is 5. The summed E-state index contributed by atoms with van der Waals surface area (Å²) in [5, 5.41) is 5.02. The van der Waals surface area contributed by atoms with E-state index in [4.69, 9.17) is 4.42 Å². The van der Waals surface area contributed by atoms with Gasteiger partial charge in [0.15, 0.2) is 11.0 Å². The van der Waals surface area contributed by atoms with E-state index in [1.807, 2.05) is 35.0 Å². The molecule has 4 heterocycles. The minimum Gasteiger partial charge on any atom is -0.454 e. The molecule has 0 spiro atoms. The Morgan fingerprint density at radius 3 is 2.63 bits per heavy atom. The van der Waals surface area contributed by atoms with Crippen molar-refractivity contribution in [3.8, 4) is 11.1 Å². The highest BCUT2D eigenvalue weighted by Crippen LogP contribution is 2.39. The van der Waals surface area contributed by atoms with E-state index in [0.717, 1.165) is 42.0 Å². The lowest BCUT2D eigenvalue weighted by Crippen LogP contribution is -2.19. The van der Waals surface area contributed by atoms with Crippen molar-refractivity contribution in [2.45, 2.75) is 31.7 Å². The largest absolute Gasteiger partial charge is 0.454 e. The molecule has 1 fully saturated rings. The summed E-state index contributed by atoms with van der Waals surface area (Å²) in [6.07, 6.45) is 4.16. The molecule has 0 unspecified atom stereocenters. The van der Waals surface area contributed by atoms with Gasteiger partial charge in [-0.25, -0.2) is 0 Å². The second kappa shape index (κ2) is 7.09. The first-order chi connectivity index (χ1) is 17.0. The SMILES string of the molecule is Cn1c(=O)c(-c2c3oc4cc(=O)ccc4c3[nH]c3c2c(=O)[nH]n3C2CCCC2)cc2ccccc21. The van der Waals surface area contributed by atoms with Crippen molar-refractivity contribution < 1.29 is 4.42 Å². The third kappa shape index (κ3) is 2.76. The number of rotatable bonds is 2. The van der Waals surface area contributed by atoms with Gasteiger partial charge < -0.3 is 14.0 Å². The molecule has 6 aromatic rings. The zero-order valence-corrected chi connectivity index (χ0v) is 19.1. The summed E-state index contributed by atoms with van der Waals surface area (Å²) in [4.78, 5) is 42.6. The summed E-state index contributed by atoms with van der Waals surface area (Å²) in [7, 11) is 1.73. The van der Waals surface area contributed by atoms with Crippen LogP contribution in [0.25, 0.3) is 55.1 Å². The molecular weight excluding hydrogens is 444 g/mol. The van der Waals surface area contributed by atoms with Crippen molar-refractivity contribution in [1.29, 1.82) is 0 Å². The highest BCUT2D eigenvalue weighted by molar-refractivity contribution is 6.14. The molecule has 1 aliphatic carbocycles. The number of H-pyrrole nitrogens is 2. The maximum absolute atomic E-state index is 13.7. The van der Waals surface area contributed by atoms with Crippen LogP contribution in [0.1, 0.15) is 31.7 Å². The lowest BCUT2D eigenvalue weighted by atomic mass is 10.0. The zero-order valence-electron chi connectivity index (χ0n) is 19.1. The van der Waals surface area contributed by atoms with E-state index < -0.39 is 0 Å². The van der Waals surface area contributed by atoms with Crippen LogP contribution < -0.4 is 16.5 Å². The monoisotopic (exact) mass is 466 g/mol. The number of nitrogens with one attached hydrogen (secondary N) is 2. The van der Waals surface area contributed by atoms with Gasteiger partial charge in [-0.1, -0.05) is 31.0 Å². The lowest BCUT2D eigenvalue weighted by Gasteiger charge is -2.13. The number of nitrogens with zero attached hydrogens (tertiary/aromatic N) is 2. The van der Waals surface area contributed by atoms with Gasteiger partial charge in [-0.15, -0.1) is 0 Å². The Morgan fingerprint density at radius 2 is 1.80 bits per heavy atom. The highest BCUT2D eigenvalue weighted by Gasteiger charge is 2.27. The number of hydrogen-bond acceptors (Lipinski definition) is 4. The average molecular weight is 466 g/mol. The Balaban J connectivity index is 1.71. The quantitative estimate of drug-likeness (QED) is 0.390. The fraction of sp³-hybridized carbons (Fsp3) is 0.222. The average Bonchev–Trinajstić information content (AvgIpc) is 3.58. The van der Waals surface area contributed by atoms with Gasteiger partial charge >= 0.3 is 0 Å². The molecule has 0 atom stereocenters. The van der Waals surface area contributed by atoms with Gasteiger partial charge in [0.2, 0.25) is 0 Å². The van der Waals surface area contributed by atoms with E-state index in [1.54, 1.807) is 17.7 Å². The zero-order chi connectivity index (χ0) is 23.8. The first kappa shape index (κ1) is 20.1. The number of aromatic nitrogens is 4. The van der Waals surface area contributed by atoms with E-state index in [0.29, 0.717) is 38.8 Å². The van der Waals surface area contributed by atoms with Crippen molar-refractivity contribution in [2.75, 3.05) is 0 Å². The molecular formula is C27H22N4O4. The number of pyridine rings is 2. The van der Waals surface area contributed by atoms with Gasteiger partial charge in [0.25, 0.3) is 11.1 Å². The predicted molar refractivity (Wildman–Crippen MR) is 136 cm³/mol. The van der Waals surface area contributed by atoms with Gasteiger partial charge in [0.05, 0.1) is 28.0 Å². The van der Waals surface area contributed by atoms with E-state index in [9.17, 15) is 14.4 Å². The molecule has 2 N–H and O–H groups in total. The molecule has 1 aliphatic rings. The van der Waals surface area contributed by atoms with E-state index in [-0.39, 0.29) is 22.6 Å². The van der Waals surface area contributed by atoms with Gasteiger partial charge in [-0.3, -0.25) is 24.2 Å². The summed E-state index contributed by atoms with van der Waals surface area (Å²) in [6.45, 7) is 0. The topological polar surface area (TPSA) is 106 Å². The summed E-state index contributed by atoms with van der Waals surface area (Å²) in [6, 6.07) is 14.3. The van der Waals surface area contributed by atoms with Crippen LogP contribution in [0.5, 0.6) is 0 Å². The van der Waals surface area contributed by atoms with Crippen molar-refractivity contribution in [3.63, 3.8) is 0 Å².